The van der Waals surface area contributed by atoms with Crippen LogP contribution in [-0.4, -0.2) is 61.7 Å². The molecule has 1 aliphatic rings. The van der Waals surface area contributed by atoms with Gasteiger partial charge in [0.2, 0.25) is 0 Å². The van der Waals surface area contributed by atoms with E-state index in [4.69, 9.17) is 14.2 Å². The largest absolute Gasteiger partial charge is 0.497 e. The molecule has 0 unspecified atom stereocenters. The molecule has 5 rings (SSSR count). The first-order valence-electron chi connectivity index (χ1n) is 12.5. The number of ether oxygens (including phenoxy) is 3. The summed E-state index contributed by atoms with van der Waals surface area (Å²) in [6.45, 7) is 7.50. The molecule has 0 aliphatic carbocycles. The molecule has 188 valence electrons. The Morgan fingerprint density at radius 2 is 1.72 bits per heavy atom. The molecule has 1 aromatic heterocycles. The zero-order chi connectivity index (χ0) is 24.6. The molecule has 0 bridgehead atoms. The van der Waals surface area contributed by atoms with E-state index in [9.17, 15) is 0 Å². The predicted molar refractivity (Wildman–Crippen MR) is 142 cm³/mol. The molecule has 1 N–H and O–H groups in total. The maximum Gasteiger partial charge on any atom is 0.119 e. The average molecular weight is 487 g/mol. The second-order valence-corrected chi connectivity index (χ2v) is 9.17. The molecule has 0 spiro atoms. The Hall–Kier alpha value is -3.39. The van der Waals surface area contributed by atoms with Crippen LogP contribution >= 0.6 is 0 Å². The number of hydrogen-bond donors (Lipinski definition) is 1. The number of nitrogens with one attached hydrogen (secondary N) is 1. The van der Waals surface area contributed by atoms with Crippen molar-refractivity contribution in [2.75, 3.05) is 51.5 Å². The fourth-order valence-corrected chi connectivity index (χ4v) is 4.54. The standard InChI is InChI=1S/C29H34N4O3/c1-34-28-4-2-3-24(17-28)20-33(21-25-5-8-26-19-30-31-29(26)18-25)27-9-6-23(7-10-27)22-36-16-13-32-11-14-35-15-12-32/h2-10,17-19H,11-16,20-22H2,1H3,(H,30,31). The fourth-order valence-electron chi connectivity index (χ4n) is 4.54. The molecular weight excluding hydrogens is 452 g/mol. The summed E-state index contributed by atoms with van der Waals surface area (Å²) in [5, 5.41) is 8.36. The SMILES string of the molecule is COc1cccc(CN(Cc2ccc3cn[nH]c3c2)c2ccc(COCCN3CCOCC3)cc2)c1. The van der Waals surface area contributed by atoms with Crippen LogP contribution in [0.15, 0.2) is 72.9 Å². The van der Waals surface area contributed by atoms with Crippen LogP contribution in [0.25, 0.3) is 10.9 Å². The highest BCUT2D eigenvalue weighted by Crippen LogP contribution is 2.24. The van der Waals surface area contributed by atoms with Crippen LogP contribution in [0.3, 0.4) is 0 Å². The van der Waals surface area contributed by atoms with Gasteiger partial charge in [0.1, 0.15) is 5.75 Å². The van der Waals surface area contributed by atoms with E-state index in [1.54, 1.807) is 7.11 Å². The van der Waals surface area contributed by atoms with Crippen molar-refractivity contribution in [1.29, 1.82) is 0 Å². The number of aromatic amines is 1. The smallest absolute Gasteiger partial charge is 0.119 e. The third-order valence-corrected chi connectivity index (χ3v) is 6.61. The lowest BCUT2D eigenvalue weighted by Crippen LogP contribution is -2.38. The number of fused-ring (bicyclic) bond motifs is 1. The van der Waals surface area contributed by atoms with Crippen molar-refractivity contribution in [3.05, 3.63) is 89.6 Å². The molecule has 7 nitrogen and oxygen atoms in total. The minimum Gasteiger partial charge on any atom is -0.497 e. The van der Waals surface area contributed by atoms with Crippen molar-refractivity contribution < 1.29 is 14.2 Å². The lowest BCUT2D eigenvalue weighted by molar-refractivity contribution is 0.0180. The van der Waals surface area contributed by atoms with Gasteiger partial charge in [-0.15, -0.1) is 0 Å². The highest BCUT2D eigenvalue weighted by molar-refractivity contribution is 5.78. The molecule has 0 saturated carbocycles. The second-order valence-electron chi connectivity index (χ2n) is 9.17. The summed E-state index contributed by atoms with van der Waals surface area (Å²) in [7, 11) is 1.71. The van der Waals surface area contributed by atoms with Crippen molar-refractivity contribution in [2.24, 2.45) is 0 Å². The minimum atomic E-state index is 0.622. The predicted octanol–water partition coefficient (Wildman–Crippen LogP) is 4.63. The first kappa shape index (κ1) is 24.3. The number of rotatable bonds is 11. The third kappa shape index (κ3) is 6.43. The molecule has 0 radical (unpaired) electrons. The van der Waals surface area contributed by atoms with Gasteiger partial charge >= 0.3 is 0 Å². The third-order valence-electron chi connectivity index (χ3n) is 6.61. The molecule has 1 saturated heterocycles. The highest BCUT2D eigenvalue weighted by atomic mass is 16.5. The van der Waals surface area contributed by atoms with Gasteiger partial charge in [0.15, 0.2) is 0 Å². The van der Waals surface area contributed by atoms with Crippen LogP contribution in [0.2, 0.25) is 0 Å². The summed E-state index contributed by atoms with van der Waals surface area (Å²) < 4.78 is 16.8. The maximum absolute atomic E-state index is 5.95. The van der Waals surface area contributed by atoms with Crippen LogP contribution in [0, 0.1) is 0 Å². The Morgan fingerprint density at radius 3 is 2.53 bits per heavy atom. The zero-order valence-electron chi connectivity index (χ0n) is 20.9. The van der Waals surface area contributed by atoms with Crippen LogP contribution in [-0.2, 0) is 29.2 Å². The minimum absolute atomic E-state index is 0.622. The summed E-state index contributed by atoms with van der Waals surface area (Å²) >= 11 is 0. The number of anilines is 1. The first-order chi connectivity index (χ1) is 17.8. The van der Waals surface area contributed by atoms with Crippen LogP contribution in [0.5, 0.6) is 5.75 Å². The molecule has 7 heteroatoms. The van der Waals surface area contributed by atoms with Crippen LogP contribution in [0.1, 0.15) is 16.7 Å². The fraction of sp³-hybridized carbons (Fsp3) is 0.345. The maximum atomic E-state index is 5.95. The summed E-state index contributed by atoms with van der Waals surface area (Å²) in [6.07, 6.45) is 1.86. The quantitative estimate of drug-likeness (QED) is 0.312. The Kier molecular flexibility index (Phi) is 8.13. The van der Waals surface area contributed by atoms with Gasteiger partial charge in [-0.25, -0.2) is 0 Å². The molecule has 1 fully saturated rings. The van der Waals surface area contributed by atoms with E-state index < -0.39 is 0 Å². The summed E-state index contributed by atoms with van der Waals surface area (Å²) in [6, 6.07) is 23.5. The molecule has 0 atom stereocenters. The molecule has 3 aromatic carbocycles. The van der Waals surface area contributed by atoms with Gasteiger partial charge in [-0.2, -0.15) is 5.10 Å². The molecule has 0 amide bonds. The van der Waals surface area contributed by atoms with E-state index in [2.05, 4.69) is 74.6 Å². The van der Waals surface area contributed by atoms with E-state index >= 15 is 0 Å². The summed E-state index contributed by atoms with van der Waals surface area (Å²) in [5.41, 5.74) is 5.83. The Labute approximate surface area is 212 Å². The number of benzene rings is 3. The topological polar surface area (TPSA) is 62.8 Å². The lowest BCUT2D eigenvalue weighted by atomic mass is 10.1. The number of H-pyrrole nitrogens is 1. The Bertz CT molecular complexity index is 1230. The number of nitrogens with zero attached hydrogens (tertiary/aromatic N) is 3. The Morgan fingerprint density at radius 1 is 0.944 bits per heavy atom. The van der Waals surface area contributed by atoms with Gasteiger partial charge in [0.25, 0.3) is 0 Å². The first-order valence-corrected chi connectivity index (χ1v) is 12.5. The Balaban J connectivity index is 1.26. The summed E-state index contributed by atoms with van der Waals surface area (Å²) in [5.74, 6) is 0.871. The van der Waals surface area contributed by atoms with Gasteiger partial charge in [-0.1, -0.05) is 36.4 Å². The highest BCUT2D eigenvalue weighted by Gasteiger charge is 2.12. The molecule has 36 heavy (non-hydrogen) atoms. The van der Waals surface area contributed by atoms with E-state index in [1.807, 2.05) is 18.3 Å². The number of hydrogen-bond acceptors (Lipinski definition) is 6. The normalized spacial score (nSPS) is 14.2. The summed E-state index contributed by atoms with van der Waals surface area (Å²) in [4.78, 5) is 4.78. The van der Waals surface area contributed by atoms with E-state index in [0.29, 0.717) is 6.61 Å². The van der Waals surface area contributed by atoms with Gasteiger partial charge in [-0.3, -0.25) is 10.00 Å². The molecule has 2 heterocycles. The van der Waals surface area contributed by atoms with E-state index in [0.717, 1.165) is 69.2 Å². The van der Waals surface area contributed by atoms with Gasteiger partial charge < -0.3 is 19.1 Å². The van der Waals surface area contributed by atoms with Crippen molar-refractivity contribution >= 4 is 16.6 Å². The number of morpholine rings is 1. The van der Waals surface area contributed by atoms with Gasteiger partial charge in [-0.05, 0) is 47.0 Å². The van der Waals surface area contributed by atoms with Crippen LogP contribution < -0.4 is 9.64 Å². The van der Waals surface area contributed by atoms with Crippen molar-refractivity contribution in [3.8, 4) is 5.75 Å². The van der Waals surface area contributed by atoms with Gasteiger partial charge in [0, 0.05) is 43.8 Å². The van der Waals surface area contributed by atoms with Crippen molar-refractivity contribution in [1.82, 2.24) is 15.1 Å². The second kappa shape index (κ2) is 12.0. The molecule has 1 aliphatic heterocycles. The van der Waals surface area contributed by atoms with E-state index in [-0.39, 0.29) is 0 Å². The van der Waals surface area contributed by atoms with Crippen molar-refractivity contribution in [2.45, 2.75) is 19.7 Å². The zero-order valence-corrected chi connectivity index (χ0v) is 20.9. The molecule has 4 aromatic rings. The van der Waals surface area contributed by atoms with Crippen molar-refractivity contribution in [3.63, 3.8) is 0 Å². The number of methoxy groups -OCH3 is 1. The average Bonchev–Trinajstić information content (AvgIpc) is 3.40. The number of aromatic nitrogens is 2. The van der Waals surface area contributed by atoms with Crippen LogP contribution in [0.4, 0.5) is 5.69 Å². The van der Waals surface area contributed by atoms with E-state index in [1.165, 1.54) is 22.4 Å². The van der Waals surface area contributed by atoms with Gasteiger partial charge in [0.05, 0.1) is 45.3 Å². The monoisotopic (exact) mass is 486 g/mol. The lowest BCUT2D eigenvalue weighted by Gasteiger charge is -2.26. The molecular formula is C29H34N4O3.